The van der Waals surface area contributed by atoms with Crippen LogP contribution in [0.3, 0.4) is 0 Å². The maximum absolute atomic E-state index is 12.3. The number of hydrogen-bond donors (Lipinski definition) is 4. The Morgan fingerprint density at radius 2 is 2.00 bits per heavy atom. The van der Waals surface area contributed by atoms with Crippen molar-refractivity contribution in [3.8, 4) is 5.75 Å². The van der Waals surface area contributed by atoms with Crippen LogP contribution >= 0.6 is 0 Å². The van der Waals surface area contributed by atoms with Crippen LogP contribution < -0.4 is 21.1 Å². The third-order valence-electron chi connectivity index (χ3n) is 4.44. The van der Waals surface area contributed by atoms with E-state index in [1.165, 1.54) is 7.11 Å². The smallest absolute Gasteiger partial charge is 0.256 e. The van der Waals surface area contributed by atoms with E-state index in [1.54, 1.807) is 18.2 Å². The molecule has 0 bridgehead atoms. The van der Waals surface area contributed by atoms with Crippen molar-refractivity contribution in [3.05, 3.63) is 71.5 Å². The molecule has 2 aromatic carbocycles. The number of methoxy groups -OCH3 is 1. The van der Waals surface area contributed by atoms with Crippen molar-refractivity contribution in [1.82, 2.24) is 4.98 Å². The quantitative estimate of drug-likeness (QED) is 0.513. The molecule has 0 radical (unpaired) electrons. The zero-order chi connectivity index (χ0) is 19.7. The summed E-state index contributed by atoms with van der Waals surface area (Å²) in [6, 6.07) is 14.3. The van der Waals surface area contributed by atoms with Gasteiger partial charge in [-0.1, -0.05) is 6.07 Å². The molecule has 0 fully saturated rings. The molecule has 2 amide bonds. The van der Waals surface area contributed by atoms with Gasteiger partial charge in [0.15, 0.2) is 0 Å². The van der Waals surface area contributed by atoms with Crippen molar-refractivity contribution >= 4 is 40.5 Å². The molecule has 0 atom stereocenters. The summed E-state index contributed by atoms with van der Waals surface area (Å²) in [6.07, 6.45) is 3.62. The van der Waals surface area contributed by atoms with Crippen molar-refractivity contribution < 1.29 is 14.3 Å². The van der Waals surface area contributed by atoms with Crippen molar-refractivity contribution in [2.24, 2.45) is 5.73 Å². The summed E-state index contributed by atoms with van der Waals surface area (Å²) in [7, 11) is 1.52. The van der Waals surface area contributed by atoms with Gasteiger partial charge in [-0.25, -0.2) is 0 Å². The summed E-state index contributed by atoms with van der Waals surface area (Å²) in [4.78, 5) is 26.9. The number of hydrogen-bond acceptors (Lipinski definition) is 4. The van der Waals surface area contributed by atoms with Gasteiger partial charge in [-0.15, -0.1) is 0 Å². The highest BCUT2D eigenvalue weighted by molar-refractivity contribution is 6.35. The van der Waals surface area contributed by atoms with E-state index in [9.17, 15) is 9.59 Å². The fourth-order valence-corrected chi connectivity index (χ4v) is 3.10. The van der Waals surface area contributed by atoms with E-state index in [0.29, 0.717) is 28.3 Å². The Morgan fingerprint density at radius 1 is 1.14 bits per heavy atom. The first-order chi connectivity index (χ1) is 13.5. The largest absolute Gasteiger partial charge is 0.497 e. The average Bonchev–Trinajstić information content (AvgIpc) is 3.29. The molecule has 1 aromatic heterocycles. The Kier molecular flexibility index (Phi) is 4.33. The third-order valence-corrected chi connectivity index (χ3v) is 4.44. The molecule has 7 nitrogen and oxygen atoms in total. The molecule has 0 saturated heterocycles. The van der Waals surface area contributed by atoms with Gasteiger partial charge in [0.2, 0.25) is 5.91 Å². The maximum Gasteiger partial charge on any atom is 0.256 e. The zero-order valence-electron chi connectivity index (χ0n) is 15.1. The standard InChI is InChI=1S/C21H18N4O3/c1-28-16-8-12(20(22)26)7-15(9-16)24-14-4-5-17-18(10-13-3-2-6-23-13)21(27)25-19(17)11-14/h2-11,23-24H,1H3,(H2,22,26)(H,25,27). The zero-order valence-corrected chi connectivity index (χ0v) is 15.1. The molecule has 0 unspecified atom stereocenters. The number of anilines is 3. The highest BCUT2D eigenvalue weighted by Crippen LogP contribution is 2.36. The fraction of sp³-hybridized carbons (Fsp3) is 0.0476. The molecule has 0 saturated carbocycles. The Morgan fingerprint density at radius 3 is 2.71 bits per heavy atom. The molecule has 1 aliphatic heterocycles. The summed E-state index contributed by atoms with van der Waals surface area (Å²) in [5.41, 5.74) is 10.1. The minimum Gasteiger partial charge on any atom is -0.497 e. The highest BCUT2D eigenvalue weighted by Gasteiger charge is 2.24. The van der Waals surface area contributed by atoms with Crippen LogP contribution in [-0.2, 0) is 4.79 Å². The van der Waals surface area contributed by atoms with Gasteiger partial charge in [0.1, 0.15) is 5.75 Å². The summed E-state index contributed by atoms with van der Waals surface area (Å²) in [5, 5.41) is 6.09. The van der Waals surface area contributed by atoms with Gasteiger partial charge in [0.05, 0.1) is 18.4 Å². The van der Waals surface area contributed by atoms with Crippen LogP contribution in [0.1, 0.15) is 21.6 Å². The Balaban J connectivity index is 1.64. The van der Waals surface area contributed by atoms with Crippen LogP contribution in [0.25, 0.3) is 11.6 Å². The molecule has 4 rings (SSSR count). The molecule has 1 aliphatic rings. The number of nitrogens with one attached hydrogen (secondary N) is 3. The van der Waals surface area contributed by atoms with Gasteiger partial charge in [-0.3, -0.25) is 9.59 Å². The van der Waals surface area contributed by atoms with Gasteiger partial charge < -0.3 is 26.1 Å². The summed E-state index contributed by atoms with van der Waals surface area (Å²) in [6.45, 7) is 0. The number of ether oxygens (including phenoxy) is 1. The highest BCUT2D eigenvalue weighted by atomic mass is 16.5. The Bertz CT molecular complexity index is 1100. The van der Waals surface area contributed by atoms with Crippen LogP contribution in [0.15, 0.2) is 54.7 Å². The number of aromatic amines is 1. The fourth-order valence-electron chi connectivity index (χ4n) is 3.10. The molecule has 3 aromatic rings. The molecular formula is C21H18N4O3. The van der Waals surface area contributed by atoms with Gasteiger partial charge in [0, 0.05) is 40.5 Å². The number of benzene rings is 2. The number of carbonyl (C=O) groups is 2. The number of nitrogens with two attached hydrogens (primary N) is 1. The number of amides is 2. The van der Waals surface area contributed by atoms with Gasteiger partial charge in [-0.2, -0.15) is 0 Å². The molecule has 140 valence electrons. The van der Waals surface area contributed by atoms with E-state index in [1.807, 2.05) is 42.6 Å². The molecule has 0 aliphatic carbocycles. The lowest BCUT2D eigenvalue weighted by molar-refractivity contribution is -0.110. The predicted molar refractivity (Wildman–Crippen MR) is 109 cm³/mol. The number of aromatic nitrogens is 1. The normalized spacial score (nSPS) is 13.9. The topological polar surface area (TPSA) is 109 Å². The van der Waals surface area contributed by atoms with Gasteiger partial charge in [0.25, 0.3) is 5.91 Å². The van der Waals surface area contributed by atoms with Crippen LogP contribution in [0.4, 0.5) is 17.1 Å². The molecule has 2 heterocycles. The Labute approximate surface area is 161 Å². The number of carbonyl (C=O) groups excluding carboxylic acids is 2. The van der Waals surface area contributed by atoms with Crippen molar-refractivity contribution in [3.63, 3.8) is 0 Å². The third kappa shape index (κ3) is 3.33. The number of rotatable bonds is 5. The predicted octanol–water partition coefficient (Wildman–Crippen LogP) is 3.36. The second kappa shape index (κ2) is 6.96. The number of fused-ring (bicyclic) bond motifs is 1. The molecule has 7 heteroatoms. The SMILES string of the molecule is COc1cc(Nc2ccc3c(c2)NC(=O)C3=Cc2ccc[nH]2)cc(C(N)=O)c1. The first-order valence-corrected chi connectivity index (χ1v) is 8.60. The van der Waals surface area contributed by atoms with E-state index in [0.717, 1.165) is 16.9 Å². The Hall–Kier alpha value is -4.00. The molecule has 5 N–H and O–H groups in total. The summed E-state index contributed by atoms with van der Waals surface area (Å²) >= 11 is 0. The lowest BCUT2D eigenvalue weighted by atomic mass is 10.1. The van der Waals surface area contributed by atoms with Gasteiger partial charge in [-0.05, 0) is 42.5 Å². The summed E-state index contributed by atoms with van der Waals surface area (Å²) in [5.74, 6) is -0.175. The second-order valence-corrected chi connectivity index (χ2v) is 6.34. The number of H-pyrrole nitrogens is 1. The van der Waals surface area contributed by atoms with E-state index >= 15 is 0 Å². The van der Waals surface area contributed by atoms with E-state index in [2.05, 4.69) is 15.6 Å². The average molecular weight is 374 g/mol. The minimum atomic E-state index is -0.540. The van der Waals surface area contributed by atoms with Gasteiger partial charge >= 0.3 is 0 Å². The monoisotopic (exact) mass is 374 g/mol. The van der Waals surface area contributed by atoms with Crippen LogP contribution in [-0.4, -0.2) is 23.9 Å². The van der Waals surface area contributed by atoms with E-state index in [-0.39, 0.29) is 5.91 Å². The molecule has 28 heavy (non-hydrogen) atoms. The van der Waals surface area contributed by atoms with Crippen LogP contribution in [0.2, 0.25) is 0 Å². The lowest BCUT2D eigenvalue weighted by Crippen LogP contribution is -2.11. The lowest BCUT2D eigenvalue weighted by Gasteiger charge is -2.11. The van der Waals surface area contributed by atoms with Crippen molar-refractivity contribution in [2.45, 2.75) is 0 Å². The van der Waals surface area contributed by atoms with Crippen LogP contribution in [0, 0.1) is 0 Å². The molecular weight excluding hydrogens is 356 g/mol. The summed E-state index contributed by atoms with van der Waals surface area (Å²) < 4.78 is 5.22. The maximum atomic E-state index is 12.3. The van der Waals surface area contributed by atoms with Crippen molar-refractivity contribution in [2.75, 3.05) is 17.7 Å². The van der Waals surface area contributed by atoms with Crippen LogP contribution in [0.5, 0.6) is 5.75 Å². The number of primary amides is 1. The first kappa shape index (κ1) is 17.4. The second-order valence-electron chi connectivity index (χ2n) is 6.34. The van der Waals surface area contributed by atoms with Crippen molar-refractivity contribution in [1.29, 1.82) is 0 Å². The first-order valence-electron chi connectivity index (χ1n) is 8.60. The van der Waals surface area contributed by atoms with E-state index in [4.69, 9.17) is 10.5 Å². The van der Waals surface area contributed by atoms with E-state index < -0.39 is 5.91 Å². The molecule has 0 spiro atoms. The minimum absolute atomic E-state index is 0.154.